The Balaban J connectivity index is 1.16. The minimum atomic E-state index is 0.813. The van der Waals surface area contributed by atoms with Crippen molar-refractivity contribution in [3.8, 4) is 22.3 Å². The van der Waals surface area contributed by atoms with Crippen LogP contribution in [0.1, 0.15) is 48.6 Å². The second kappa shape index (κ2) is 7.98. The zero-order chi connectivity index (χ0) is 21.5. The van der Waals surface area contributed by atoms with Gasteiger partial charge in [-0.2, -0.15) is 0 Å². The van der Waals surface area contributed by atoms with Crippen LogP contribution in [0.5, 0.6) is 0 Å². The van der Waals surface area contributed by atoms with Gasteiger partial charge in [0, 0.05) is 18.4 Å². The van der Waals surface area contributed by atoms with Crippen LogP contribution >= 0.6 is 0 Å². The second-order valence-corrected chi connectivity index (χ2v) is 9.45. The van der Waals surface area contributed by atoms with Crippen LogP contribution in [0.15, 0.2) is 97.1 Å². The molecule has 1 nitrogen and oxygen atoms in total. The first-order valence-corrected chi connectivity index (χ1v) is 11.9. The van der Waals surface area contributed by atoms with E-state index in [1.54, 1.807) is 0 Å². The lowest BCUT2D eigenvalue weighted by molar-refractivity contribution is 1.13. The average Bonchev–Trinajstić information content (AvgIpc) is 3.78. The molecule has 0 aromatic heterocycles. The predicted molar refractivity (Wildman–Crippen MR) is 136 cm³/mol. The first-order valence-electron chi connectivity index (χ1n) is 11.9. The van der Waals surface area contributed by atoms with E-state index < -0.39 is 0 Å². The molecule has 0 amide bonds. The van der Waals surface area contributed by atoms with Crippen LogP contribution in [-0.2, 0) is 0 Å². The van der Waals surface area contributed by atoms with E-state index in [0.717, 1.165) is 11.8 Å². The van der Waals surface area contributed by atoms with Crippen LogP contribution in [0.2, 0.25) is 0 Å². The molecule has 0 heterocycles. The molecular formula is C31H29N. The summed E-state index contributed by atoms with van der Waals surface area (Å²) in [6.07, 6.45) is 5.42. The van der Waals surface area contributed by atoms with E-state index >= 15 is 0 Å². The van der Waals surface area contributed by atoms with Crippen molar-refractivity contribution in [1.29, 1.82) is 0 Å². The Morgan fingerprint density at radius 1 is 0.438 bits per heavy atom. The van der Waals surface area contributed by atoms with E-state index in [0.29, 0.717) is 0 Å². The number of hydrogen-bond donors (Lipinski definition) is 0. The van der Waals surface area contributed by atoms with Gasteiger partial charge in [-0.25, -0.2) is 0 Å². The minimum absolute atomic E-state index is 0.813. The van der Waals surface area contributed by atoms with Gasteiger partial charge in [-0.1, -0.05) is 72.8 Å². The number of hydrogen-bond acceptors (Lipinski definition) is 1. The molecule has 158 valence electrons. The number of benzene rings is 4. The van der Waals surface area contributed by atoms with Gasteiger partial charge in [-0.15, -0.1) is 0 Å². The van der Waals surface area contributed by atoms with Crippen molar-refractivity contribution in [3.63, 3.8) is 0 Å². The topological polar surface area (TPSA) is 3.24 Å². The number of anilines is 2. The largest absolute Gasteiger partial charge is 0.345 e. The van der Waals surface area contributed by atoms with E-state index in [2.05, 4.69) is 109 Å². The van der Waals surface area contributed by atoms with Gasteiger partial charge in [0.2, 0.25) is 0 Å². The molecule has 2 fully saturated rings. The van der Waals surface area contributed by atoms with E-state index in [4.69, 9.17) is 0 Å². The summed E-state index contributed by atoms with van der Waals surface area (Å²) < 4.78 is 0. The fourth-order valence-corrected chi connectivity index (χ4v) is 4.63. The number of nitrogens with zero attached hydrogens (tertiary/aromatic N) is 1. The lowest BCUT2D eigenvalue weighted by Crippen LogP contribution is -2.08. The van der Waals surface area contributed by atoms with E-state index in [1.807, 2.05) is 0 Å². The van der Waals surface area contributed by atoms with Gasteiger partial charge in [0.1, 0.15) is 0 Å². The Labute approximate surface area is 191 Å². The van der Waals surface area contributed by atoms with Gasteiger partial charge in [-0.3, -0.25) is 0 Å². The highest BCUT2D eigenvalue weighted by Gasteiger charge is 2.23. The van der Waals surface area contributed by atoms with Gasteiger partial charge >= 0.3 is 0 Å². The molecule has 2 saturated carbocycles. The molecule has 0 radical (unpaired) electrons. The summed E-state index contributed by atoms with van der Waals surface area (Å²) in [7, 11) is 2.14. The van der Waals surface area contributed by atoms with Crippen LogP contribution in [-0.4, -0.2) is 7.05 Å². The molecule has 0 spiro atoms. The molecule has 0 N–H and O–H groups in total. The van der Waals surface area contributed by atoms with Crippen LogP contribution in [0, 0.1) is 0 Å². The molecule has 0 unspecified atom stereocenters. The monoisotopic (exact) mass is 415 g/mol. The summed E-state index contributed by atoms with van der Waals surface area (Å²) >= 11 is 0. The lowest BCUT2D eigenvalue weighted by Gasteiger charge is -2.20. The van der Waals surface area contributed by atoms with Crippen LogP contribution in [0.4, 0.5) is 11.4 Å². The average molecular weight is 416 g/mol. The summed E-state index contributed by atoms with van der Waals surface area (Å²) in [5, 5.41) is 0. The standard InChI is InChI=1S/C31H29N/c1-32(30-18-14-28(15-19-30)26-10-6-24(7-11-26)22-2-3-22)31-20-16-29(17-21-31)27-12-8-25(9-13-27)23-4-5-23/h6-23H,2-5H2,1H3. The molecule has 0 aliphatic heterocycles. The highest BCUT2D eigenvalue weighted by atomic mass is 15.1. The van der Waals surface area contributed by atoms with Crippen molar-refractivity contribution in [1.82, 2.24) is 0 Å². The second-order valence-electron chi connectivity index (χ2n) is 9.45. The summed E-state index contributed by atoms with van der Waals surface area (Å²) in [4.78, 5) is 2.25. The van der Waals surface area contributed by atoms with Crippen LogP contribution in [0.3, 0.4) is 0 Å². The summed E-state index contributed by atoms with van der Waals surface area (Å²) in [5.41, 5.74) is 10.5. The Morgan fingerprint density at radius 2 is 0.719 bits per heavy atom. The predicted octanol–water partition coefficient (Wildman–Crippen LogP) is 8.54. The quantitative estimate of drug-likeness (QED) is 0.305. The Morgan fingerprint density at radius 3 is 1.00 bits per heavy atom. The molecule has 2 aliphatic rings. The smallest absolute Gasteiger partial charge is 0.0408 e. The van der Waals surface area contributed by atoms with Gasteiger partial charge in [0.15, 0.2) is 0 Å². The summed E-state index contributed by atoms with van der Waals surface area (Å²) in [6, 6.07) is 36.1. The Bertz CT molecular complexity index is 1090. The highest BCUT2D eigenvalue weighted by molar-refractivity contribution is 5.72. The molecule has 6 rings (SSSR count). The molecule has 0 bridgehead atoms. The Kier molecular flexibility index (Phi) is 4.83. The molecule has 4 aromatic carbocycles. The maximum Gasteiger partial charge on any atom is 0.0408 e. The van der Waals surface area contributed by atoms with Crippen molar-refractivity contribution in [2.45, 2.75) is 37.5 Å². The maximum atomic E-state index is 2.30. The van der Waals surface area contributed by atoms with Gasteiger partial charge in [0.25, 0.3) is 0 Å². The van der Waals surface area contributed by atoms with Crippen molar-refractivity contribution in [2.75, 3.05) is 11.9 Å². The van der Waals surface area contributed by atoms with Gasteiger partial charge in [0.05, 0.1) is 0 Å². The van der Waals surface area contributed by atoms with E-state index in [-0.39, 0.29) is 0 Å². The summed E-state index contributed by atoms with van der Waals surface area (Å²) in [5.74, 6) is 1.63. The third-order valence-corrected chi connectivity index (χ3v) is 7.09. The normalized spacial score (nSPS) is 15.5. The number of rotatable bonds is 6. The van der Waals surface area contributed by atoms with Crippen molar-refractivity contribution >= 4 is 11.4 Å². The van der Waals surface area contributed by atoms with Gasteiger partial charge < -0.3 is 4.90 Å². The zero-order valence-corrected chi connectivity index (χ0v) is 18.7. The van der Waals surface area contributed by atoms with Crippen LogP contribution in [0.25, 0.3) is 22.3 Å². The summed E-state index contributed by atoms with van der Waals surface area (Å²) in [6.45, 7) is 0. The fourth-order valence-electron chi connectivity index (χ4n) is 4.63. The van der Waals surface area contributed by atoms with Crippen molar-refractivity contribution in [2.24, 2.45) is 0 Å². The highest BCUT2D eigenvalue weighted by Crippen LogP contribution is 2.41. The SMILES string of the molecule is CN(c1ccc(-c2ccc(C3CC3)cc2)cc1)c1ccc(-c2ccc(C3CC3)cc2)cc1. The molecule has 1 heteroatoms. The minimum Gasteiger partial charge on any atom is -0.345 e. The Hall–Kier alpha value is -3.32. The third-order valence-electron chi connectivity index (χ3n) is 7.09. The van der Waals surface area contributed by atoms with Gasteiger partial charge in [-0.05, 0) is 95.2 Å². The first kappa shape index (κ1) is 19.4. The zero-order valence-electron chi connectivity index (χ0n) is 18.7. The van der Waals surface area contributed by atoms with E-state index in [1.165, 1.54) is 70.4 Å². The maximum absolute atomic E-state index is 2.30. The van der Waals surface area contributed by atoms with Crippen LogP contribution < -0.4 is 4.90 Å². The molecule has 32 heavy (non-hydrogen) atoms. The molecule has 0 saturated heterocycles. The molecule has 0 atom stereocenters. The molecular weight excluding hydrogens is 386 g/mol. The first-order chi connectivity index (χ1) is 15.7. The molecule has 4 aromatic rings. The third kappa shape index (κ3) is 3.96. The fraction of sp³-hybridized carbons (Fsp3) is 0.226. The molecule has 2 aliphatic carbocycles. The van der Waals surface area contributed by atoms with E-state index in [9.17, 15) is 0 Å². The lowest BCUT2D eigenvalue weighted by atomic mass is 10.0. The van der Waals surface area contributed by atoms with Crippen molar-refractivity contribution < 1.29 is 0 Å². The van der Waals surface area contributed by atoms with Crippen molar-refractivity contribution in [3.05, 3.63) is 108 Å².